The molecule has 10 heteroatoms. The number of methoxy groups -OCH3 is 1. The van der Waals surface area contributed by atoms with E-state index in [-0.39, 0.29) is 41.6 Å². The second-order valence-electron chi connectivity index (χ2n) is 9.42. The van der Waals surface area contributed by atoms with Crippen molar-refractivity contribution >= 4 is 34.2 Å². The van der Waals surface area contributed by atoms with Crippen LogP contribution in [0.25, 0.3) is 10.9 Å². The quantitative estimate of drug-likeness (QED) is 0.391. The molecule has 2 aromatic heterocycles. The number of benzene rings is 1. The first kappa shape index (κ1) is 23.7. The number of carbonyl (C=O) groups excluding carboxylic acids is 1. The molecule has 3 heterocycles. The third-order valence-corrected chi connectivity index (χ3v) is 7.51. The molecule has 0 radical (unpaired) electrons. The van der Waals surface area contributed by atoms with E-state index in [1.807, 2.05) is 19.9 Å². The van der Waals surface area contributed by atoms with Gasteiger partial charge in [-0.15, -0.1) is 0 Å². The molecule has 1 N–H and O–H groups in total. The highest BCUT2D eigenvalue weighted by Gasteiger charge is 2.62. The molecule has 1 fully saturated rings. The van der Waals surface area contributed by atoms with Crippen LogP contribution in [0, 0.1) is 6.92 Å². The van der Waals surface area contributed by atoms with E-state index in [0.717, 1.165) is 5.56 Å². The van der Waals surface area contributed by atoms with Crippen molar-refractivity contribution in [2.45, 2.75) is 63.5 Å². The number of anilines is 1. The van der Waals surface area contributed by atoms with Gasteiger partial charge >= 0.3 is 5.97 Å². The number of aryl methyl sites for hydroxylation is 1. The molecular weight excluding hydrogens is 478 g/mol. The fourth-order valence-electron chi connectivity index (χ4n) is 5.55. The first-order valence-electron chi connectivity index (χ1n) is 11.5. The number of ether oxygens (including phenoxy) is 1. The minimum Gasteiger partial charge on any atom is -0.464 e. The average molecular weight is 503 g/mol. The van der Waals surface area contributed by atoms with Crippen molar-refractivity contribution < 1.29 is 18.3 Å². The second-order valence-corrected chi connectivity index (χ2v) is 9.81. The molecule has 7 nitrogen and oxygen atoms in total. The zero-order valence-electron chi connectivity index (χ0n) is 19.6. The maximum Gasteiger partial charge on any atom is 0.358 e. The van der Waals surface area contributed by atoms with Crippen LogP contribution in [0.15, 0.2) is 29.1 Å². The molecule has 3 aromatic rings. The molecule has 0 saturated heterocycles. The van der Waals surface area contributed by atoms with Crippen LogP contribution in [0.4, 0.5) is 14.5 Å². The van der Waals surface area contributed by atoms with Crippen LogP contribution in [0.2, 0.25) is 5.15 Å². The van der Waals surface area contributed by atoms with Crippen LogP contribution >= 0.6 is 11.6 Å². The van der Waals surface area contributed by atoms with Crippen molar-refractivity contribution in [1.82, 2.24) is 14.5 Å². The van der Waals surface area contributed by atoms with E-state index < -0.39 is 23.3 Å². The first-order valence-corrected chi connectivity index (χ1v) is 11.9. The second kappa shape index (κ2) is 8.26. The van der Waals surface area contributed by atoms with Gasteiger partial charge in [0.2, 0.25) is 0 Å². The summed E-state index contributed by atoms with van der Waals surface area (Å²) in [4.78, 5) is 34.5. The zero-order valence-corrected chi connectivity index (χ0v) is 20.4. The van der Waals surface area contributed by atoms with Crippen molar-refractivity contribution in [3.8, 4) is 0 Å². The van der Waals surface area contributed by atoms with E-state index in [1.165, 1.54) is 11.7 Å². The summed E-state index contributed by atoms with van der Waals surface area (Å²) < 4.78 is 36.4. The minimum atomic E-state index is -2.91. The summed E-state index contributed by atoms with van der Waals surface area (Å²) in [6.45, 7) is 3.95. The van der Waals surface area contributed by atoms with Crippen molar-refractivity contribution in [2.75, 3.05) is 12.4 Å². The van der Waals surface area contributed by atoms with E-state index in [4.69, 9.17) is 21.3 Å². The third-order valence-electron chi connectivity index (χ3n) is 7.30. The van der Waals surface area contributed by atoms with E-state index in [2.05, 4.69) is 10.3 Å². The lowest BCUT2D eigenvalue weighted by molar-refractivity contribution is -0.0584. The summed E-state index contributed by atoms with van der Waals surface area (Å²) in [5, 5.41) is 3.76. The predicted molar refractivity (Wildman–Crippen MR) is 128 cm³/mol. The highest BCUT2D eigenvalue weighted by Crippen LogP contribution is 2.56. The van der Waals surface area contributed by atoms with Gasteiger partial charge in [-0.1, -0.05) is 17.7 Å². The summed E-state index contributed by atoms with van der Waals surface area (Å²) in [7, 11) is 1.25. The molecule has 1 spiro atoms. The first-order chi connectivity index (χ1) is 16.6. The molecular formula is C25H25ClF2N4O3. The Morgan fingerprint density at radius 3 is 2.69 bits per heavy atom. The maximum absolute atomic E-state index is 15.1. The number of alkyl halides is 2. The summed E-state index contributed by atoms with van der Waals surface area (Å²) >= 11 is 5.97. The Kier molecular flexibility index (Phi) is 5.58. The predicted octanol–water partition coefficient (Wildman–Crippen LogP) is 5.17. The average Bonchev–Trinajstić information content (AvgIpc) is 3.34. The summed E-state index contributed by atoms with van der Waals surface area (Å²) in [6, 6.07) is 6.33. The number of halogens is 3. The summed E-state index contributed by atoms with van der Waals surface area (Å²) in [6.07, 6.45) is 0.727. The van der Waals surface area contributed by atoms with Crippen LogP contribution in [-0.2, 0) is 16.7 Å². The Morgan fingerprint density at radius 1 is 1.23 bits per heavy atom. The van der Waals surface area contributed by atoms with Gasteiger partial charge in [-0.2, -0.15) is 0 Å². The number of carbonyl (C=O) groups is 1. The van der Waals surface area contributed by atoms with Crippen LogP contribution in [0.5, 0.6) is 0 Å². The van der Waals surface area contributed by atoms with Crippen LogP contribution in [0.3, 0.4) is 0 Å². The Morgan fingerprint density at radius 2 is 2.00 bits per heavy atom. The highest BCUT2D eigenvalue weighted by molar-refractivity contribution is 6.29. The Balaban J connectivity index is 1.65. The number of fused-ring (bicyclic) bond motifs is 3. The molecule has 1 aliphatic heterocycles. The molecule has 184 valence electrons. The maximum atomic E-state index is 15.1. The molecule has 1 aromatic carbocycles. The lowest BCUT2D eigenvalue weighted by Crippen LogP contribution is -2.40. The van der Waals surface area contributed by atoms with Gasteiger partial charge in [-0.3, -0.25) is 9.36 Å². The van der Waals surface area contributed by atoms with Crippen molar-refractivity contribution in [3.05, 3.63) is 62.4 Å². The number of hydrogen-bond donors (Lipinski definition) is 1. The van der Waals surface area contributed by atoms with Crippen LogP contribution in [0.1, 0.15) is 66.1 Å². The number of nitrogens with zero attached hydrogens (tertiary/aromatic N) is 3. The van der Waals surface area contributed by atoms with E-state index >= 15 is 8.78 Å². The van der Waals surface area contributed by atoms with Gasteiger partial charge < -0.3 is 10.1 Å². The number of rotatable bonds is 4. The van der Waals surface area contributed by atoms with E-state index in [1.54, 1.807) is 18.2 Å². The monoisotopic (exact) mass is 502 g/mol. The standard InChI is InChI=1S/C25H25ClF2N4O3/c1-13-11-15(14(2)29-17-5-6-18(26)30-20(17)22(34)35-3)19-16(12-13)21(33)32-10-9-24(23(32)31-19)7-4-8-25(24,27)28/h5-6,11-12,14,29H,4,7-10H2,1-3H3/t14-,24-/m1/s1. The SMILES string of the molecule is COC(=O)c1nc(Cl)ccc1N[C@H](C)c1cc(C)cc2c(=O)n3c(nc12)[C@@]1(CCCC1(F)F)CC3. The van der Waals surface area contributed by atoms with Gasteiger partial charge in [0.15, 0.2) is 5.69 Å². The lowest BCUT2D eigenvalue weighted by Gasteiger charge is -2.30. The van der Waals surface area contributed by atoms with Gasteiger partial charge in [0.1, 0.15) is 11.0 Å². The smallest absolute Gasteiger partial charge is 0.358 e. The van der Waals surface area contributed by atoms with E-state index in [0.29, 0.717) is 35.0 Å². The lowest BCUT2D eigenvalue weighted by atomic mass is 9.81. The fourth-order valence-corrected chi connectivity index (χ4v) is 5.70. The minimum absolute atomic E-state index is 0.0160. The number of aromatic nitrogens is 3. The van der Waals surface area contributed by atoms with Crippen molar-refractivity contribution in [2.24, 2.45) is 0 Å². The normalized spacial score (nSPS) is 21.3. The van der Waals surface area contributed by atoms with Gasteiger partial charge in [0.25, 0.3) is 11.5 Å². The van der Waals surface area contributed by atoms with Gasteiger partial charge in [-0.25, -0.2) is 23.5 Å². The Labute approximate surface area is 205 Å². The molecule has 0 unspecified atom stereocenters. The van der Waals surface area contributed by atoms with Crippen LogP contribution < -0.4 is 10.9 Å². The largest absolute Gasteiger partial charge is 0.464 e. The number of pyridine rings is 1. The third kappa shape index (κ3) is 3.59. The number of hydrogen-bond acceptors (Lipinski definition) is 6. The summed E-state index contributed by atoms with van der Waals surface area (Å²) in [5.41, 5.74) is 0.582. The molecule has 35 heavy (non-hydrogen) atoms. The molecule has 5 rings (SSSR count). The topological polar surface area (TPSA) is 86.1 Å². The molecule has 0 amide bonds. The highest BCUT2D eigenvalue weighted by atomic mass is 35.5. The van der Waals surface area contributed by atoms with Gasteiger partial charge in [-0.05, 0) is 56.9 Å². The van der Waals surface area contributed by atoms with Gasteiger partial charge in [0.05, 0.1) is 35.2 Å². The molecule has 2 aliphatic rings. The fraction of sp³-hybridized carbons (Fsp3) is 0.440. The number of nitrogens with one attached hydrogen (secondary N) is 1. The van der Waals surface area contributed by atoms with Crippen molar-refractivity contribution in [3.63, 3.8) is 0 Å². The van der Waals surface area contributed by atoms with Crippen LogP contribution in [-0.4, -0.2) is 33.5 Å². The zero-order chi connectivity index (χ0) is 25.1. The Bertz CT molecular complexity index is 1420. The molecule has 0 bridgehead atoms. The van der Waals surface area contributed by atoms with Gasteiger partial charge in [0, 0.05) is 18.5 Å². The Hall–Kier alpha value is -3.07. The molecule has 1 aliphatic carbocycles. The molecule has 2 atom stereocenters. The summed E-state index contributed by atoms with van der Waals surface area (Å²) in [5.74, 6) is -3.38. The van der Waals surface area contributed by atoms with E-state index in [9.17, 15) is 9.59 Å². The molecule has 1 saturated carbocycles. The van der Waals surface area contributed by atoms with Crippen molar-refractivity contribution in [1.29, 1.82) is 0 Å². The number of esters is 1.